The molecule has 3 heterocycles. The number of nitrogens with zero attached hydrogens (tertiary/aromatic N) is 7. The molecule has 11 heteroatoms. The smallest absolute Gasteiger partial charge is 0.419 e. The van der Waals surface area contributed by atoms with E-state index < -0.39 is 11.7 Å². The summed E-state index contributed by atoms with van der Waals surface area (Å²) < 4.78 is 45.9. The summed E-state index contributed by atoms with van der Waals surface area (Å²) in [6.07, 6.45) is 5.02. The molecular formula is C24H28F3N7O. The summed E-state index contributed by atoms with van der Waals surface area (Å²) in [7, 11) is 0. The number of alkyl halides is 3. The number of hydrogen-bond acceptors (Lipinski definition) is 7. The lowest BCUT2D eigenvalue weighted by Gasteiger charge is -2.42. The Labute approximate surface area is 201 Å². The Morgan fingerprint density at radius 2 is 1.60 bits per heavy atom. The molecule has 8 nitrogen and oxygen atoms in total. The van der Waals surface area contributed by atoms with Crippen LogP contribution in [0.2, 0.25) is 0 Å². The number of piperazine rings is 1. The summed E-state index contributed by atoms with van der Waals surface area (Å²) in [5.74, 6) is 1.77. The van der Waals surface area contributed by atoms with Crippen molar-refractivity contribution in [1.82, 2.24) is 29.6 Å². The van der Waals surface area contributed by atoms with Crippen LogP contribution < -0.4 is 9.64 Å². The van der Waals surface area contributed by atoms with Gasteiger partial charge in [0.25, 0.3) is 0 Å². The molecule has 0 unspecified atom stereocenters. The number of aromatic nitrogens is 5. The van der Waals surface area contributed by atoms with E-state index in [1.807, 2.05) is 29.2 Å². The van der Waals surface area contributed by atoms with Crippen LogP contribution in [0.15, 0.2) is 49.3 Å². The number of anilines is 1. The van der Waals surface area contributed by atoms with Crippen LogP contribution in [0.3, 0.4) is 0 Å². The number of benzene rings is 1. The highest BCUT2D eigenvalue weighted by atomic mass is 19.4. The van der Waals surface area contributed by atoms with Crippen molar-refractivity contribution in [1.29, 1.82) is 0 Å². The van der Waals surface area contributed by atoms with Crippen molar-refractivity contribution in [2.75, 3.05) is 37.7 Å². The monoisotopic (exact) mass is 487 g/mol. The van der Waals surface area contributed by atoms with Crippen LogP contribution in [0.25, 0.3) is 5.69 Å². The van der Waals surface area contributed by atoms with Crippen LogP contribution in [-0.4, -0.2) is 68.5 Å². The SMILES string of the molecule is FC(F)(F)c1cnc(N2CCN(C3CCC(COc4ccc(-n5cncn5)cc4)CC3)CC2)nc1. The van der Waals surface area contributed by atoms with E-state index >= 15 is 0 Å². The molecule has 2 fully saturated rings. The molecule has 3 aromatic rings. The second kappa shape index (κ2) is 10.2. The summed E-state index contributed by atoms with van der Waals surface area (Å²) >= 11 is 0. The Morgan fingerprint density at radius 1 is 0.914 bits per heavy atom. The Hall–Kier alpha value is -3.21. The molecule has 1 aliphatic heterocycles. The van der Waals surface area contributed by atoms with Crippen LogP contribution in [0.4, 0.5) is 19.1 Å². The van der Waals surface area contributed by atoms with E-state index in [1.54, 1.807) is 11.0 Å². The molecule has 2 aliphatic rings. The first-order chi connectivity index (χ1) is 17.0. The van der Waals surface area contributed by atoms with E-state index in [9.17, 15) is 13.2 Å². The van der Waals surface area contributed by atoms with Gasteiger partial charge in [-0.15, -0.1) is 0 Å². The summed E-state index contributed by atoms with van der Waals surface area (Å²) in [5, 5.41) is 4.13. The largest absolute Gasteiger partial charge is 0.493 e. The third-order valence-corrected chi connectivity index (χ3v) is 6.90. The van der Waals surface area contributed by atoms with Crippen molar-refractivity contribution in [2.45, 2.75) is 37.9 Å². The van der Waals surface area contributed by atoms with Crippen LogP contribution >= 0.6 is 0 Å². The maximum atomic E-state index is 12.7. The number of halogens is 3. The molecule has 1 aromatic carbocycles. The van der Waals surface area contributed by atoms with Crippen LogP contribution in [-0.2, 0) is 6.18 Å². The predicted molar refractivity (Wildman–Crippen MR) is 123 cm³/mol. The van der Waals surface area contributed by atoms with Gasteiger partial charge in [0.2, 0.25) is 5.95 Å². The number of ether oxygens (including phenoxy) is 1. The minimum absolute atomic E-state index is 0.368. The average molecular weight is 488 g/mol. The van der Waals surface area contributed by atoms with Crippen molar-refractivity contribution in [2.24, 2.45) is 5.92 Å². The Kier molecular flexibility index (Phi) is 6.85. The zero-order valence-electron chi connectivity index (χ0n) is 19.3. The maximum absolute atomic E-state index is 12.7. The molecule has 0 spiro atoms. The topological polar surface area (TPSA) is 72.2 Å². The molecule has 35 heavy (non-hydrogen) atoms. The van der Waals surface area contributed by atoms with Gasteiger partial charge in [0.1, 0.15) is 18.4 Å². The van der Waals surface area contributed by atoms with Gasteiger partial charge in [-0.05, 0) is 55.9 Å². The zero-order chi connectivity index (χ0) is 24.3. The predicted octanol–water partition coefficient (Wildman–Crippen LogP) is 3.84. The fourth-order valence-electron chi connectivity index (χ4n) is 4.85. The van der Waals surface area contributed by atoms with Gasteiger partial charge < -0.3 is 9.64 Å². The lowest BCUT2D eigenvalue weighted by molar-refractivity contribution is -0.138. The van der Waals surface area contributed by atoms with E-state index in [1.165, 1.54) is 6.33 Å². The molecule has 2 aromatic heterocycles. The van der Waals surface area contributed by atoms with Gasteiger partial charge in [-0.2, -0.15) is 18.3 Å². The van der Waals surface area contributed by atoms with Gasteiger partial charge >= 0.3 is 6.18 Å². The second-order valence-corrected chi connectivity index (χ2v) is 9.11. The molecule has 1 aliphatic carbocycles. The van der Waals surface area contributed by atoms with E-state index in [4.69, 9.17) is 4.74 Å². The van der Waals surface area contributed by atoms with Crippen LogP contribution in [0.5, 0.6) is 5.75 Å². The molecule has 0 radical (unpaired) electrons. The highest BCUT2D eigenvalue weighted by Gasteiger charge is 2.32. The second-order valence-electron chi connectivity index (χ2n) is 9.11. The number of rotatable bonds is 6. The third kappa shape index (κ3) is 5.72. The molecular weight excluding hydrogens is 459 g/mol. The Balaban J connectivity index is 1.04. The molecule has 0 amide bonds. The van der Waals surface area contributed by atoms with Gasteiger partial charge in [-0.25, -0.2) is 19.6 Å². The van der Waals surface area contributed by atoms with Crippen molar-refractivity contribution < 1.29 is 17.9 Å². The highest BCUT2D eigenvalue weighted by molar-refractivity contribution is 5.36. The Morgan fingerprint density at radius 3 is 2.20 bits per heavy atom. The molecule has 1 saturated carbocycles. The average Bonchev–Trinajstić information content (AvgIpc) is 3.43. The quantitative estimate of drug-likeness (QED) is 0.523. The maximum Gasteiger partial charge on any atom is 0.419 e. The summed E-state index contributed by atoms with van der Waals surface area (Å²) in [6.45, 7) is 3.90. The first-order valence-electron chi connectivity index (χ1n) is 11.9. The highest BCUT2D eigenvalue weighted by Crippen LogP contribution is 2.30. The first-order valence-corrected chi connectivity index (χ1v) is 11.9. The molecule has 186 valence electrons. The third-order valence-electron chi connectivity index (χ3n) is 6.90. The summed E-state index contributed by atoms with van der Waals surface area (Å²) in [5.41, 5.74) is 0.129. The minimum atomic E-state index is -4.41. The van der Waals surface area contributed by atoms with Gasteiger partial charge in [-0.1, -0.05) is 0 Å². The van der Waals surface area contributed by atoms with E-state index in [0.29, 0.717) is 24.5 Å². The van der Waals surface area contributed by atoms with E-state index in [0.717, 1.165) is 75.7 Å². The van der Waals surface area contributed by atoms with Crippen molar-refractivity contribution in [3.8, 4) is 11.4 Å². The van der Waals surface area contributed by atoms with Gasteiger partial charge in [0, 0.05) is 44.6 Å². The molecule has 0 atom stereocenters. The van der Waals surface area contributed by atoms with Gasteiger partial charge in [0.15, 0.2) is 0 Å². The standard InChI is InChI=1S/C24H28F3N7O/c25-24(26,27)19-13-29-23(30-14-19)33-11-9-32(10-12-33)20-3-1-18(2-4-20)15-35-22-7-5-21(6-8-22)34-17-28-16-31-34/h5-8,13-14,16-18,20H,1-4,9-12,15H2. The lowest BCUT2D eigenvalue weighted by Crippen LogP contribution is -2.51. The van der Waals surface area contributed by atoms with E-state index in [-0.39, 0.29) is 0 Å². The van der Waals surface area contributed by atoms with Crippen molar-refractivity contribution >= 4 is 5.95 Å². The van der Waals surface area contributed by atoms with Gasteiger partial charge in [0.05, 0.1) is 17.9 Å². The molecule has 5 rings (SSSR count). The minimum Gasteiger partial charge on any atom is -0.493 e. The molecule has 0 N–H and O–H groups in total. The summed E-state index contributed by atoms with van der Waals surface area (Å²) in [6, 6.07) is 8.40. The molecule has 0 bridgehead atoms. The normalized spacial score (nSPS) is 21.7. The zero-order valence-corrected chi connectivity index (χ0v) is 19.3. The van der Waals surface area contributed by atoms with Gasteiger partial charge in [-0.3, -0.25) is 4.90 Å². The number of hydrogen-bond donors (Lipinski definition) is 0. The first kappa shape index (κ1) is 23.5. The van der Waals surface area contributed by atoms with Crippen LogP contribution in [0.1, 0.15) is 31.2 Å². The molecule has 1 saturated heterocycles. The van der Waals surface area contributed by atoms with E-state index in [2.05, 4.69) is 25.0 Å². The summed E-state index contributed by atoms with van der Waals surface area (Å²) in [4.78, 5) is 16.3. The Bertz CT molecular complexity index is 1060. The van der Waals surface area contributed by atoms with Crippen molar-refractivity contribution in [3.05, 3.63) is 54.9 Å². The van der Waals surface area contributed by atoms with Crippen LogP contribution in [0, 0.1) is 5.92 Å². The fourth-order valence-corrected chi connectivity index (χ4v) is 4.85. The lowest BCUT2D eigenvalue weighted by atomic mass is 9.85. The fraction of sp³-hybridized carbons (Fsp3) is 0.500. The van der Waals surface area contributed by atoms with Crippen molar-refractivity contribution in [3.63, 3.8) is 0 Å².